The Bertz CT molecular complexity index is 1240. The summed E-state index contributed by atoms with van der Waals surface area (Å²) in [5, 5.41) is 13.6. The maximum absolute atomic E-state index is 13.7. The first-order valence-electron chi connectivity index (χ1n) is 11.9. The lowest BCUT2D eigenvalue weighted by atomic mass is 9.71. The number of hydrogen-bond donors (Lipinski definition) is 2. The van der Waals surface area contributed by atoms with Gasteiger partial charge in [-0.15, -0.1) is 0 Å². The highest BCUT2D eigenvalue weighted by Gasteiger charge is 2.42. The van der Waals surface area contributed by atoms with Crippen molar-refractivity contribution in [2.75, 3.05) is 27.2 Å². The summed E-state index contributed by atoms with van der Waals surface area (Å²) in [6.45, 7) is 3.23. The second-order valence-corrected chi connectivity index (χ2v) is 9.60. The standard InChI is InChI=1S/C28H30N2O5/c1-16-25(28(33)35-20-14-30(2)15-20)26(17-7-6-8-19(31)11-17)27-22(29-16)12-18(13-23(27)32)21-9-4-5-10-24(21)34-3/h4-11,18,20,26,29,31H,12-15H2,1-3H3/t18-,26-/m1/s1. The fraction of sp³-hybridized carbons (Fsp3) is 0.357. The van der Waals surface area contributed by atoms with Gasteiger partial charge in [-0.25, -0.2) is 4.79 Å². The molecule has 0 radical (unpaired) electrons. The molecule has 2 aliphatic heterocycles. The Balaban J connectivity index is 1.54. The Hall–Kier alpha value is -3.58. The number of rotatable bonds is 5. The third-order valence-electron chi connectivity index (χ3n) is 7.13. The lowest BCUT2D eigenvalue weighted by Gasteiger charge is -2.39. The van der Waals surface area contributed by atoms with Crippen LogP contribution >= 0.6 is 0 Å². The van der Waals surface area contributed by atoms with Crippen molar-refractivity contribution in [2.45, 2.75) is 37.7 Å². The van der Waals surface area contributed by atoms with E-state index < -0.39 is 11.9 Å². The second kappa shape index (κ2) is 9.23. The number of phenolic OH excluding ortho intramolecular Hbond substituents is 1. The molecule has 0 aromatic heterocycles. The van der Waals surface area contributed by atoms with Crippen molar-refractivity contribution in [3.63, 3.8) is 0 Å². The summed E-state index contributed by atoms with van der Waals surface area (Å²) in [6.07, 6.45) is 0.763. The van der Waals surface area contributed by atoms with Crippen molar-refractivity contribution >= 4 is 11.8 Å². The Morgan fingerprint density at radius 2 is 1.89 bits per heavy atom. The highest BCUT2D eigenvalue weighted by atomic mass is 16.5. The molecule has 35 heavy (non-hydrogen) atoms. The molecule has 0 unspecified atom stereocenters. The van der Waals surface area contributed by atoms with E-state index in [0.717, 1.165) is 17.0 Å². The zero-order chi connectivity index (χ0) is 24.7. The van der Waals surface area contributed by atoms with Crippen LogP contribution in [0.5, 0.6) is 11.5 Å². The Kier molecular flexibility index (Phi) is 6.11. The van der Waals surface area contributed by atoms with E-state index in [-0.39, 0.29) is 23.6 Å². The van der Waals surface area contributed by atoms with Crippen LogP contribution in [0, 0.1) is 0 Å². The topological polar surface area (TPSA) is 88.1 Å². The van der Waals surface area contributed by atoms with Crippen molar-refractivity contribution in [1.29, 1.82) is 0 Å². The molecule has 0 saturated carbocycles. The van der Waals surface area contributed by atoms with E-state index in [9.17, 15) is 14.7 Å². The van der Waals surface area contributed by atoms with Gasteiger partial charge in [-0.1, -0.05) is 30.3 Å². The van der Waals surface area contributed by atoms with Gasteiger partial charge < -0.3 is 19.9 Å². The molecule has 1 fully saturated rings. The number of aromatic hydroxyl groups is 1. The molecule has 2 aromatic rings. The molecule has 182 valence electrons. The number of Topliss-reactive ketones (excluding diaryl/α,β-unsaturated/α-hetero) is 1. The van der Waals surface area contributed by atoms with Crippen molar-refractivity contribution in [3.05, 3.63) is 82.2 Å². The summed E-state index contributed by atoms with van der Waals surface area (Å²) >= 11 is 0. The van der Waals surface area contributed by atoms with Crippen molar-refractivity contribution in [2.24, 2.45) is 0 Å². The number of carbonyl (C=O) groups is 2. The number of carbonyl (C=O) groups excluding carboxylic acids is 2. The quantitative estimate of drug-likeness (QED) is 0.640. The van der Waals surface area contributed by atoms with Crippen LogP contribution in [0.15, 0.2) is 71.1 Å². The van der Waals surface area contributed by atoms with E-state index in [1.54, 1.807) is 25.3 Å². The Morgan fingerprint density at radius 1 is 1.11 bits per heavy atom. The van der Waals surface area contributed by atoms with Gasteiger partial charge in [-0.05, 0) is 49.7 Å². The number of nitrogens with one attached hydrogen (secondary N) is 1. The number of dihydropyridines is 1. The van der Waals surface area contributed by atoms with Crippen LogP contribution in [0.25, 0.3) is 0 Å². The Labute approximate surface area is 205 Å². The molecule has 3 aliphatic rings. The van der Waals surface area contributed by atoms with Crippen LogP contribution in [0.3, 0.4) is 0 Å². The second-order valence-electron chi connectivity index (χ2n) is 9.60. The average Bonchev–Trinajstić information content (AvgIpc) is 2.81. The van der Waals surface area contributed by atoms with Gasteiger partial charge in [0.25, 0.3) is 0 Å². The number of esters is 1. The molecule has 0 bridgehead atoms. The summed E-state index contributed by atoms with van der Waals surface area (Å²) < 4.78 is 11.3. The van der Waals surface area contributed by atoms with Crippen molar-refractivity contribution < 1.29 is 24.2 Å². The van der Waals surface area contributed by atoms with E-state index in [1.165, 1.54) is 0 Å². The molecule has 7 nitrogen and oxygen atoms in total. The largest absolute Gasteiger partial charge is 0.508 e. The van der Waals surface area contributed by atoms with Crippen LogP contribution in [-0.2, 0) is 14.3 Å². The molecule has 1 aliphatic carbocycles. The number of ketones is 1. The van der Waals surface area contributed by atoms with Crippen LogP contribution < -0.4 is 10.1 Å². The molecule has 0 amide bonds. The summed E-state index contributed by atoms with van der Waals surface area (Å²) in [6, 6.07) is 14.6. The number of ether oxygens (including phenoxy) is 2. The predicted molar refractivity (Wildman–Crippen MR) is 131 cm³/mol. The maximum atomic E-state index is 13.7. The molecular formula is C28H30N2O5. The number of hydrogen-bond acceptors (Lipinski definition) is 7. The van der Waals surface area contributed by atoms with Crippen LogP contribution in [-0.4, -0.2) is 55.1 Å². The summed E-state index contributed by atoms with van der Waals surface area (Å²) in [4.78, 5) is 29.2. The zero-order valence-corrected chi connectivity index (χ0v) is 20.2. The van der Waals surface area contributed by atoms with E-state index in [0.29, 0.717) is 48.3 Å². The van der Waals surface area contributed by atoms with E-state index >= 15 is 0 Å². The Morgan fingerprint density at radius 3 is 2.60 bits per heavy atom. The van der Waals surface area contributed by atoms with Gasteiger partial charge in [-0.3, -0.25) is 9.69 Å². The molecule has 0 spiro atoms. The SMILES string of the molecule is COc1ccccc1[C@H]1CC(=O)C2=C(C1)NC(C)=C(C(=O)OC1CN(C)C1)[C@H]2c1cccc(O)c1. The van der Waals surface area contributed by atoms with Crippen LogP contribution in [0.1, 0.15) is 42.7 Å². The molecule has 2 atom stereocenters. The average molecular weight is 475 g/mol. The molecule has 2 N–H and O–H groups in total. The molecule has 1 saturated heterocycles. The summed E-state index contributed by atoms with van der Waals surface area (Å²) in [7, 11) is 3.61. The summed E-state index contributed by atoms with van der Waals surface area (Å²) in [5.41, 5.74) is 4.16. The van der Waals surface area contributed by atoms with Gasteiger partial charge >= 0.3 is 5.97 Å². The summed E-state index contributed by atoms with van der Waals surface area (Å²) in [5.74, 6) is -0.242. The minimum absolute atomic E-state index is 0.0239. The van der Waals surface area contributed by atoms with Crippen LogP contribution in [0.2, 0.25) is 0 Å². The van der Waals surface area contributed by atoms with Gasteiger partial charge in [0.05, 0.1) is 12.7 Å². The minimum atomic E-state index is -0.602. The third-order valence-corrected chi connectivity index (χ3v) is 7.13. The van der Waals surface area contributed by atoms with Crippen molar-refractivity contribution in [1.82, 2.24) is 10.2 Å². The normalized spacial score (nSPS) is 22.9. The highest BCUT2D eigenvalue weighted by molar-refractivity contribution is 6.04. The van der Waals surface area contributed by atoms with Gasteiger partial charge in [0.2, 0.25) is 0 Å². The fourth-order valence-electron chi connectivity index (χ4n) is 5.50. The zero-order valence-electron chi connectivity index (χ0n) is 20.2. The molecular weight excluding hydrogens is 444 g/mol. The fourth-order valence-corrected chi connectivity index (χ4v) is 5.50. The maximum Gasteiger partial charge on any atom is 0.337 e. The van der Waals surface area contributed by atoms with Gasteiger partial charge in [0, 0.05) is 48.3 Å². The van der Waals surface area contributed by atoms with Crippen LogP contribution in [0.4, 0.5) is 0 Å². The molecule has 2 heterocycles. The smallest absolute Gasteiger partial charge is 0.337 e. The van der Waals surface area contributed by atoms with Crippen molar-refractivity contribution in [3.8, 4) is 11.5 Å². The highest BCUT2D eigenvalue weighted by Crippen LogP contribution is 2.47. The number of phenols is 1. The molecule has 2 aromatic carbocycles. The number of nitrogens with zero attached hydrogens (tertiary/aromatic N) is 1. The first kappa shape index (κ1) is 23.2. The minimum Gasteiger partial charge on any atom is -0.508 e. The van der Waals surface area contributed by atoms with Gasteiger partial charge in [0.15, 0.2) is 5.78 Å². The first-order chi connectivity index (χ1) is 16.9. The number of benzene rings is 2. The lowest BCUT2D eigenvalue weighted by Crippen LogP contribution is -2.51. The van der Waals surface area contributed by atoms with E-state index in [1.807, 2.05) is 44.3 Å². The monoisotopic (exact) mass is 474 g/mol. The van der Waals surface area contributed by atoms with E-state index in [4.69, 9.17) is 9.47 Å². The number of likely N-dealkylation sites (N-methyl/N-ethyl adjacent to an activating group) is 1. The number of allylic oxidation sites excluding steroid dienone is 3. The lowest BCUT2D eigenvalue weighted by molar-refractivity contribution is -0.151. The first-order valence-corrected chi connectivity index (χ1v) is 11.9. The van der Waals surface area contributed by atoms with E-state index in [2.05, 4.69) is 10.2 Å². The molecule has 7 heteroatoms. The van der Waals surface area contributed by atoms with Gasteiger partial charge in [0.1, 0.15) is 17.6 Å². The third kappa shape index (κ3) is 4.32. The van der Waals surface area contributed by atoms with Gasteiger partial charge in [-0.2, -0.15) is 0 Å². The number of likely N-dealkylation sites (tertiary alicyclic amines) is 1. The predicted octanol–water partition coefficient (Wildman–Crippen LogP) is 3.62. The number of para-hydroxylation sites is 1. The number of methoxy groups -OCH3 is 1. The molecule has 5 rings (SSSR count).